The van der Waals surface area contributed by atoms with Crippen molar-refractivity contribution in [1.82, 2.24) is 10.3 Å². The molecule has 4 aromatic rings. The minimum atomic E-state index is -0.214. The van der Waals surface area contributed by atoms with Gasteiger partial charge in [-0.05, 0) is 43.3 Å². The molecule has 0 spiro atoms. The third-order valence-electron chi connectivity index (χ3n) is 4.50. The fourth-order valence-corrected chi connectivity index (χ4v) is 3.12. The van der Waals surface area contributed by atoms with Crippen LogP contribution in [-0.4, -0.2) is 10.9 Å². The summed E-state index contributed by atoms with van der Waals surface area (Å²) in [5.41, 5.74) is 1.71. The van der Waals surface area contributed by atoms with Gasteiger partial charge in [-0.3, -0.25) is 4.79 Å². The molecule has 0 aliphatic heterocycles. The molecular weight excluding hydrogens is 376 g/mol. The number of benzene rings is 2. The topological polar surface area (TPSA) is 68.3 Å². The number of carbonyl (C=O) groups is 1. The summed E-state index contributed by atoms with van der Waals surface area (Å²) in [6.07, 6.45) is 2.37. The molecule has 1 N–H and O–H groups in total. The van der Waals surface area contributed by atoms with Crippen molar-refractivity contribution < 1.29 is 13.6 Å². The second-order valence-electron chi connectivity index (χ2n) is 6.60. The minimum absolute atomic E-state index is 0.0841. The van der Waals surface area contributed by atoms with Crippen molar-refractivity contribution in [1.29, 1.82) is 0 Å². The molecule has 2 aromatic carbocycles. The fourth-order valence-electron chi connectivity index (χ4n) is 2.99. The number of carbonyl (C=O) groups excluding carboxylic acids is 1. The third-order valence-corrected chi connectivity index (χ3v) is 4.75. The van der Waals surface area contributed by atoms with E-state index in [9.17, 15) is 4.79 Å². The number of aryl methyl sites for hydroxylation is 1. The van der Waals surface area contributed by atoms with Gasteiger partial charge in [0.2, 0.25) is 5.91 Å². The summed E-state index contributed by atoms with van der Waals surface area (Å²) in [6, 6.07) is 16.8. The molecule has 6 heteroatoms. The molecule has 0 aliphatic rings. The van der Waals surface area contributed by atoms with Crippen LogP contribution in [0.25, 0.3) is 22.3 Å². The molecule has 0 fully saturated rings. The highest BCUT2D eigenvalue weighted by Crippen LogP contribution is 2.24. The van der Waals surface area contributed by atoms with Crippen LogP contribution in [0.3, 0.4) is 0 Å². The van der Waals surface area contributed by atoms with Crippen LogP contribution in [0.1, 0.15) is 31.0 Å². The standard InChI is InChI=1S/C22H19ClN2O3/c1-14(19-12-16-4-2-3-5-18(16)27-19)25-21(26)10-11-22-24-13-20(28-22)15-6-8-17(23)9-7-15/h2-9,12-14H,10-11H2,1H3,(H,25,26). The van der Waals surface area contributed by atoms with Gasteiger partial charge in [-0.15, -0.1) is 0 Å². The first-order valence-electron chi connectivity index (χ1n) is 9.07. The van der Waals surface area contributed by atoms with E-state index in [1.54, 1.807) is 18.3 Å². The average molecular weight is 395 g/mol. The van der Waals surface area contributed by atoms with Gasteiger partial charge in [0.05, 0.1) is 12.2 Å². The Hall–Kier alpha value is -3.05. The van der Waals surface area contributed by atoms with Crippen LogP contribution in [0.2, 0.25) is 5.02 Å². The van der Waals surface area contributed by atoms with Gasteiger partial charge < -0.3 is 14.2 Å². The van der Waals surface area contributed by atoms with Crippen molar-refractivity contribution >= 4 is 28.5 Å². The smallest absolute Gasteiger partial charge is 0.221 e. The molecule has 1 atom stereocenters. The number of nitrogens with one attached hydrogen (secondary N) is 1. The van der Waals surface area contributed by atoms with Crippen molar-refractivity contribution in [2.24, 2.45) is 0 Å². The molecule has 5 nitrogen and oxygen atoms in total. The maximum absolute atomic E-state index is 12.3. The van der Waals surface area contributed by atoms with Gasteiger partial charge in [-0.2, -0.15) is 0 Å². The lowest BCUT2D eigenvalue weighted by atomic mass is 10.2. The van der Waals surface area contributed by atoms with Crippen molar-refractivity contribution in [3.05, 3.63) is 77.5 Å². The van der Waals surface area contributed by atoms with Crippen molar-refractivity contribution in [3.8, 4) is 11.3 Å². The van der Waals surface area contributed by atoms with Gasteiger partial charge in [-0.25, -0.2) is 4.98 Å². The number of hydrogen-bond donors (Lipinski definition) is 1. The molecular formula is C22H19ClN2O3. The lowest BCUT2D eigenvalue weighted by molar-refractivity contribution is -0.121. The zero-order valence-corrected chi connectivity index (χ0v) is 16.1. The second-order valence-corrected chi connectivity index (χ2v) is 7.04. The third kappa shape index (κ3) is 4.10. The Morgan fingerprint density at radius 3 is 2.71 bits per heavy atom. The Balaban J connectivity index is 1.33. The van der Waals surface area contributed by atoms with Crippen LogP contribution in [0.15, 0.2) is 69.6 Å². The minimum Gasteiger partial charge on any atom is -0.459 e. The Morgan fingerprint density at radius 1 is 1.14 bits per heavy atom. The van der Waals surface area contributed by atoms with Crippen LogP contribution >= 0.6 is 11.6 Å². The number of oxazole rings is 1. The van der Waals surface area contributed by atoms with Gasteiger partial charge >= 0.3 is 0 Å². The number of rotatable bonds is 6. The maximum atomic E-state index is 12.3. The first-order valence-corrected chi connectivity index (χ1v) is 9.45. The fraction of sp³-hybridized carbons (Fsp3) is 0.182. The first kappa shape index (κ1) is 18.3. The number of furan rings is 1. The SMILES string of the molecule is CC(NC(=O)CCc1ncc(-c2ccc(Cl)cc2)o1)c1cc2ccccc2o1. The molecule has 1 amide bonds. The van der Waals surface area contributed by atoms with Crippen LogP contribution in [-0.2, 0) is 11.2 Å². The van der Waals surface area contributed by atoms with E-state index in [0.29, 0.717) is 23.1 Å². The predicted molar refractivity (Wildman–Crippen MR) is 108 cm³/mol. The summed E-state index contributed by atoms with van der Waals surface area (Å²) in [4.78, 5) is 16.5. The summed E-state index contributed by atoms with van der Waals surface area (Å²) in [6.45, 7) is 1.90. The molecule has 142 valence electrons. The van der Waals surface area contributed by atoms with Gasteiger partial charge in [0.15, 0.2) is 11.7 Å². The Bertz CT molecular complexity index is 1070. The van der Waals surface area contributed by atoms with E-state index in [1.165, 1.54) is 0 Å². The van der Waals surface area contributed by atoms with E-state index in [1.807, 2.05) is 49.4 Å². The predicted octanol–water partition coefficient (Wildman–Crippen LogP) is 5.55. The molecule has 0 bridgehead atoms. The van der Waals surface area contributed by atoms with Crippen LogP contribution in [0.5, 0.6) is 0 Å². The van der Waals surface area contributed by atoms with Crippen LogP contribution in [0.4, 0.5) is 0 Å². The summed E-state index contributed by atoms with van der Waals surface area (Å²) >= 11 is 5.90. The number of nitrogens with zero attached hydrogens (tertiary/aromatic N) is 1. The van der Waals surface area contributed by atoms with E-state index in [4.69, 9.17) is 20.4 Å². The molecule has 2 heterocycles. The normalized spacial score (nSPS) is 12.2. The number of para-hydroxylation sites is 1. The number of hydrogen-bond acceptors (Lipinski definition) is 4. The molecule has 0 saturated heterocycles. The summed E-state index contributed by atoms with van der Waals surface area (Å²) in [5.74, 6) is 1.83. The van der Waals surface area contributed by atoms with E-state index >= 15 is 0 Å². The lowest BCUT2D eigenvalue weighted by Crippen LogP contribution is -2.26. The lowest BCUT2D eigenvalue weighted by Gasteiger charge is -2.10. The number of fused-ring (bicyclic) bond motifs is 1. The molecule has 4 rings (SSSR count). The van der Waals surface area contributed by atoms with Crippen molar-refractivity contribution in [2.75, 3.05) is 0 Å². The highest BCUT2D eigenvalue weighted by atomic mass is 35.5. The summed E-state index contributed by atoms with van der Waals surface area (Å²) in [5, 5.41) is 4.64. The Kier molecular flexibility index (Phi) is 5.17. The van der Waals surface area contributed by atoms with E-state index in [2.05, 4.69) is 10.3 Å². The van der Waals surface area contributed by atoms with Gasteiger partial charge in [0, 0.05) is 28.8 Å². The zero-order valence-electron chi connectivity index (χ0n) is 15.3. The monoisotopic (exact) mass is 394 g/mol. The average Bonchev–Trinajstić information content (AvgIpc) is 3.34. The Labute approximate surface area is 167 Å². The maximum Gasteiger partial charge on any atom is 0.221 e. The van der Waals surface area contributed by atoms with Crippen molar-refractivity contribution in [3.63, 3.8) is 0 Å². The van der Waals surface area contributed by atoms with Crippen LogP contribution < -0.4 is 5.32 Å². The van der Waals surface area contributed by atoms with Gasteiger partial charge in [0.25, 0.3) is 0 Å². The number of halogens is 1. The van der Waals surface area contributed by atoms with E-state index in [-0.39, 0.29) is 18.4 Å². The zero-order chi connectivity index (χ0) is 19.5. The molecule has 2 aromatic heterocycles. The van der Waals surface area contributed by atoms with E-state index < -0.39 is 0 Å². The van der Waals surface area contributed by atoms with Gasteiger partial charge in [-0.1, -0.05) is 29.8 Å². The molecule has 0 radical (unpaired) electrons. The summed E-state index contributed by atoms with van der Waals surface area (Å²) < 4.78 is 11.5. The molecule has 28 heavy (non-hydrogen) atoms. The largest absolute Gasteiger partial charge is 0.459 e. The second kappa shape index (κ2) is 7.90. The highest BCUT2D eigenvalue weighted by Gasteiger charge is 2.15. The van der Waals surface area contributed by atoms with Crippen LogP contribution in [0, 0.1) is 0 Å². The van der Waals surface area contributed by atoms with Crippen molar-refractivity contribution in [2.45, 2.75) is 25.8 Å². The van der Waals surface area contributed by atoms with Gasteiger partial charge in [0.1, 0.15) is 11.3 Å². The highest BCUT2D eigenvalue weighted by molar-refractivity contribution is 6.30. The Morgan fingerprint density at radius 2 is 1.93 bits per heavy atom. The summed E-state index contributed by atoms with van der Waals surface area (Å²) in [7, 11) is 0. The number of amides is 1. The molecule has 0 saturated carbocycles. The first-order chi connectivity index (χ1) is 13.6. The molecule has 0 aliphatic carbocycles. The number of aromatic nitrogens is 1. The van der Waals surface area contributed by atoms with E-state index in [0.717, 1.165) is 22.3 Å². The molecule has 1 unspecified atom stereocenters. The quantitative estimate of drug-likeness (QED) is 0.465.